The standard InChI is InChI=1S/C18H17F3N6O2/c1-29-14-5-3-2-4-12(14)13-6-7-16(28)27(23-13)11-25-8-9-26-15(10-25)22-17(24-26)18(19,20)21/h2-7H,8-11H2,1H3. The van der Waals surface area contributed by atoms with Gasteiger partial charge in [-0.05, 0) is 18.2 Å². The summed E-state index contributed by atoms with van der Waals surface area (Å²) < 4.78 is 46.3. The Balaban J connectivity index is 1.57. The molecule has 0 spiro atoms. The third kappa shape index (κ3) is 3.86. The van der Waals surface area contributed by atoms with Crippen molar-refractivity contribution >= 4 is 0 Å². The summed E-state index contributed by atoms with van der Waals surface area (Å²) in [7, 11) is 1.55. The number of ether oxygens (including phenoxy) is 1. The number of nitrogens with zero attached hydrogens (tertiary/aromatic N) is 6. The van der Waals surface area contributed by atoms with Crippen molar-refractivity contribution in [2.75, 3.05) is 13.7 Å². The van der Waals surface area contributed by atoms with Gasteiger partial charge in [0.1, 0.15) is 11.6 Å². The maximum absolute atomic E-state index is 12.8. The van der Waals surface area contributed by atoms with Gasteiger partial charge in [-0.15, -0.1) is 5.10 Å². The Morgan fingerprint density at radius 2 is 1.90 bits per heavy atom. The van der Waals surface area contributed by atoms with Crippen LogP contribution in [0.4, 0.5) is 13.2 Å². The second-order valence-corrected chi connectivity index (χ2v) is 6.52. The Hall–Kier alpha value is -3.21. The van der Waals surface area contributed by atoms with Crippen molar-refractivity contribution in [1.29, 1.82) is 0 Å². The van der Waals surface area contributed by atoms with Gasteiger partial charge in [0.25, 0.3) is 11.4 Å². The molecule has 152 valence electrons. The fourth-order valence-electron chi connectivity index (χ4n) is 3.17. The highest BCUT2D eigenvalue weighted by Crippen LogP contribution is 2.28. The summed E-state index contributed by atoms with van der Waals surface area (Å²) in [6.45, 7) is 0.923. The van der Waals surface area contributed by atoms with Crippen molar-refractivity contribution in [3.63, 3.8) is 0 Å². The van der Waals surface area contributed by atoms with E-state index in [-0.39, 0.29) is 31.1 Å². The molecule has 0 radical (unpaired) electrons. The Bertz CT molecular complexity index is 1090. The van der Waals surface area contributed by atoms with Crippen molar-refractivity contribution in [2.24, 2.45) is 0 Å². The monoisotopic (exact) mass is 406 g/mol. The summed E-state index contributed by atoms with van der Waals surface area (Å²) in [6.07, 6.45) is -4.59. The number of halogens is 3. The van der Waals surface area contributed by atoms with Gasteiger partial charge in [0.2, 0.25) is 0 Å². The van der Waals surface area contributed by atoms with Gasteiger partial charge in [-0.2, -0.15) is 18.3 Å². The molecule has 0 amide bonds. The molecular weight excluding hydrogens is 389 g/mol. The van der Waals surface area contributed by atoms with E-state index in [1.165, 1.54) is 15.4 Å². The molecule has 0 N–H and O–H groups in total. The predicted octanol–water partition coefficient (Wildman–Crippen LogP) is 2.00. The molecule has 29 heavy (non-hydrogen) atoms. The van der Waals surface area contributed by atoms with Crippen LogP contribution >= 0.6 is 0 Å². The third-order valence-corrected chi connectivity index (χ3v) is 4.58. The topological polar surface area (TPSA) is 78.1 Å². The quantitative estimate of drug-likeness (QED) is 0.660. The molecule has 4 rings (SSSR count). The maximum atomic E-state index is 12.8. The number of rotatable bonds is 4. The lowest BCUT2D eigenvalue weighted by molar-refractivity contribution is -0.145. The molecule has 0 unspecified atom stereocenters. The second-order valence-electron chi connectivity index (χ2n) is 6.52. The Morgan fingerprint density at radius 3 is 2.66 bits per heavy atom. The lowest BCUT2D eigenvalue weighted by Crippen LogP contribution is -2.39. The first-order valence-electron chi connectivity index (χ1n) is 8.80. The minimum absolute atomic E-state index is 0.121. The van der Waals surface area contributed by atoms with E-state index in [0.29, 0.717) is 18.0 Å². The summed E-state index contributed by atoms with van der Waals surface area (Å²) in [6, 6.07) is 10.3. The zero-order valence-corrected chi connectivity index (χ0v) is 15.4. The van der Waals surface area contributed by atoms with Crippen LogP contribution in [-0.4, -0.2) is 43.1 Å². The molecular formula is C18H17F3N6O2. The van der Waals surface area contributed by atoms with E-state index in [9.17, 15) is 18.0 Å². The van der Waals surface area contributed by atoms with Gasteiger partial charge >= 0.3 is 6.18 Å². The van der Waals surface area contributed by atoms with Crippen molar-refractivity contribution in [1.82, 2.24) is 29.4 Å². The van der Waals surface area contributed by atoms with E-state index in [2.05, 4.69) is 15.2 Å². The highest BCUT2D eigenvalue weighted by Gasteiger charge is 2.37. The first-order chi connectivity index (χ1) is 13.8. The molecule has 1 aliphatic heterocycles. The molecule has 0 saturated heterocycles. The first-order valence-corrected chi connectivity index (χ1v) is 8.80. The fraction of sp³-hybridized carbons (Fsp3) is 0.333. The van der Waals surface area contributed by atoms with Gasteiger partial charge in [-0.25, -0.2) is 14.3 Å². The zero-order chi connectivity index (χ0) is 20.6. The van der Waals surface area contributed by atoms with Crippen molar-refractivity contribution in [3.05, 3.63) is 58.4 Å². The van der Waals surface area contributed by atoms with Crippen molar-refractivity contribution in [2.45, 2.75) is 25.9 Å². The molecule has 3 aromatic rings. The number of alkyl halides is 3. The third-order valence-electron chi connectivity index (χ3n) is 4.58. The average Bonchev–Trinajstić information content (AvgIpc) is 3.14. The van der Waals surface area contributed by atoms with E-state index in [1.54, 1.807) is 24.1 Å². The van der Waals surface area contributed by atoms with Crippen molar-refractivity contribution < 1.29 is 17.9 Å². The van der Waals surface area contributed by atoms with Gasteiger partial charge in [0, 0.05) is 18.2 Å². The number of hydrogen-bond acceptors (Lipinski definition) is 6. The number of benzene rings is 1. The summed E-state index contributed by atoms with van der Waals surface area (Å²) in [4.78, 5) is 17.7. The summed E-state index contributed by atoms with van der Waals surface area (Å²) >= 11 is 0. The maximum Gasteiger partial charge on any atom is 0.453 e. The molecule has 1 aliphatic rings. The van der Waals surface area contributed by atoms with E-state index < -0.39 is 12.0 Å². The van der Waals surface area contributed by atoms with E-state index in [4.69, 9.17) is 4.74 Å². The second kappa shape index (κ2) is 7.32. The summed E-state index contributed by atoms with van der Waals surface area (Å²) in [5.74, 6) is -0.323. The van der Waals surface area contributed by atoms with Crippen molar-refractivity contribution in [3.8, 4) is 17.0 Å². The van der Waals surface area contributed by atoms with Crippen LogP contribution in [0.5, 0.6) is 5.75 Å². The number of hydrogen-bond donors (Lipinski definition) is 0. The van der Waals surface area contributed by atoms with Crippen LogP contribution in [-0.2, 0) is 25.9 Å². The van der Waals surface area contributed by atoms with Gasteiger partial charge < -0.3 is 4.74 Å². The number of fused-ring (bicyclic) bond motifs is 1. The average molecular weight is 406 g/mol. The van der Waals surface area contributed by atoms with E-state index in [0.717, 1.165) is 5.56 Å². The zero-order valence-electron chi connectivity index (χ0n) is 15.4. The summed E-state index contributed by atoms with van der Waals surface area (Å²) in [5.41, 5.74) is 0.977. The Labute approximate surface area is 163 Å². The minimum Gasteiger partial charge on any atom is -0.496 e. The van der Waals surface area contributed by atoms with Gasteiger partial charge in [0.15, 0.2) is 0 Å². The van der Waals surface area contributed by atoms with E-state index in [1.807, 2.05) is 18.2 Å². The molecule has 0 saturated carbocycles. The SMILES string of the molecule is COc1ccccc1-c1ccc(=O)n(CN2CCn3nc(C(F)(F)F)nc3C2)n1. The summed E-state index contributed by atoms with van der Waals surface area (Å²) in [5, 5.41) is 7.92. The minimum atomic E-state index is -4.59. The van der Waals surface area contributed by atoms with Crippen LogP contribution < -0.4 is 10.3 Å². The number of methoxy groups -OCH3 is 1. The smallest absolute Gasteiger partial charge is 0.453 e. The molecule has 0 aliphatic carbocycles. The molecule has 3 heterocycles. The number of aromatic nitrogens is 5. The van der Waals surface area contributed by atoms with Crippen LogP contribution in [0.25, 0.3) is 11.3 Å². The van der Waals surface area contributed by atoms with Crippen LogP contribution in [0.15, 0.2) is 41.2 Å². The molecule has 8 nitrogen and oxygen atoms in total. The lowest BCUT2D eigenvalue weighted by Gasteiger charge is -2.26. The lowest BCUT2D eigenvalue weighted by atomic mass is 10.1. The van der Waals surface area contributed by atoms with E-state index >= 15 is 0 Å². The van der Waals surface area contributed by atoms with Gasteiger partial charge in [0.05, 0.1) is 32.6 Å². The Morgan fingerprint density at radius 1 is 1.10 bits per heavy atom. The van der Waals surface area contributed by atoms with Gasteiger partial charge in [-0.1, -0.05) is 12.1 Å². The largest absolute Gasteiger partial charge is 0.496 e. The Kier molecular flexibility index (Phi) is 4.82. The molecule has 11 heteroatoms. The molecule has 0 atom stereocenters. The van der Waals surface area contributed by atoms with Crippen LogP contribution in [0, 0.1) is 0 Å². The molecule has 2 aromatic heterocycles. The predicted molar refractivity (Wildman–Crippen MR) is 95.9 cm³/mol. The van der Waals surface area contributed by atoms with Crippen LogP contribution in [0.2, 0.25) is 0 Å². The first kappa shape index (κ1) is 19.1. The van der Waals surface area contributed by atoms with Gasteiger partial charge in [-0.3, -0.25) is 9.69 Å². The number of para-hydroxylation sites is 1. The normalized spacial score (nSPS) is 14.6. The molecule has 0 bridgehead atoms. The fourth-order valence-corrected chi connectivity index (χ4v) is 3.17. The molecule has 1 aromatic carbocycles. The van der Waals surface area contributed by atoms with Crippen LogP contribution in [0.3, 0.4) is 0 Å². The van der Waals surface area contributed by atoms with Crippen LogP contribution in [0.1, 0.15) is 11.6 Å². The highest BCUT2D eigenvalue weighted by atomic mass is 19.4. The molecule has 0 fully saturated rings. The highest BCUT2D eigenvalue weighted by molar-refractivity contribution is 5.66.